The number of carbonyl (C=O) groups excluding carboxylic acids is 5. The Morgan fingerprint density at radius 3 is 2.44 bits per heavy atom. The maximum absolute atomic E-state index is 14.4. The van der Waals surface area contributed by atoms with E-state index in [0.29, 0.717) is 18.7 Å². The number of ether oxygens (including phenoxy) is 6. The Hall–Kier alpha value is -4.38. The van der Waals surface area contributed by atoms with Crippen LogP contribution < -0.4 is 5.32 Å². The molecule has 59 heavy (non-hydrogen) atoms. The van der Waals surface area contributed by atoms with Gasteiger partial charge in [-0.2, -0.15) is 0 Å². The molecule has 14 atom stereocenters. The van der Waals surface area contributed by atoms with Gasteiger partial charge in [0.2, 0.25) is 5.89 Å². The van der Waals surface area contributed by atoms with E-state index in [4.69, 9.17) is 32.8 Å². The van der Waals surface area contributed by atoms with Crippen molar-refractivity contribution in [3.05, 3.63) is 48.7 Å². The Morgan fingerprint density at radius 2 is 1.81 bits per heavy atom. The number of oxazole rings is 1. The highest BCUT2D eigenvalue weighted by Gasteiger charge is 2.57. The molecule has 0 saturated carbocycles. The summed E-state index contributed by atoms with van der Waals surface area (Å²) in [7, 11) is 3.64. The Bertz CT molecular complexity index is 1780. The van der Waals surface area contributed by atoms with E-state index in [0.717, 1.165) is 5.57 Å². The minimum Gasteiger partial charge on any atom is -0.458 e. The van der Waals surface area contributed by atoms with Crippen molar-refractivity contribution in [1.82, 2.24) is 15.2 Å². The minimum atomic E-state index is -1.80. The topological polar surface area (TPSA) is 202 Å². The van der Waals surface area contributed by atoms with Crippen molar-refractivity contribution >= 4 is 35.4 Å². The van der Waals surface area contributed by atoms with Crippen molar-refractivity contribution in [2.45, 2.75) is 135 Å². The quantitative estimate of drug-likeness (QED) is 0.142. The summed E-state index contributed by atoms with van der Waals surface area (Å²) >= 11 is 0. The average Bonchev–Trinajstić information content (AvgIpc) is 3.84. The van der Waals surface area contributed by atoms with Crippen molar-refractivity contribution in [3.8, 4) is 0 Å². The summed E-state index contributed by atoms with van der Waals surface area (Å²) in [6.45, 7) is 12.8. The summed E-state index contributed by atoms with van der Waals surface area (Å²) in [6.07, 6.45) is 6.64. The minimum absolute atomic E-state index is 0.0254. The van der Waals surface area contributed by atoms with Gasteiger partial charge in [-0.15, -0.1) is 0 Å². The number of likely N-dealkylation sites (N-methyl/N-ethyl adjacent to an activating group) is 1. The molecular weight excluding hydrogens is 766 g/mol. The number of hydrogen-bond donors (Lipinski definition) is 2. The fourth-order valence-electron chi connectivity index (χ4n) is 8.96. The molecule has 3 aliphatic heterocycles. The van der Waals surface area contributed by atoms with Gasteiger partial charge in [0.25, 0.3) is 0 Å². The van der Waals surface area contributed by atoms with Crippen LogP contribution in [0.15, 0.2) is 47.3 Å². The molecule has 0 spiro atoms. The number of ketones is 2. The SMILES string of the molecule is CC[C@H]1OC(=O)[C@H](C)C(=O)[C@H](C)[C@@H](O[C@@H]2O[C@H](C)C[C@H](N(C)C)[C@H]2O)[C@](C)(OC(=O)OC/C=C/C2C=CC(c3ncco3)=CC2)C[C@@H](C)C(=O)[C@H](C)[C@@H]2NC(=O)O[C@]12C. The number of hydrogen-bond acceptors (Lipinski definition) is 15. The number of nitrogens with zero attached hydrogens (tertiary/aromatic N) is 2. The van der Waals surface area contributed by atoms with Crippen LogP contribution in [0.3, 0.4) is 0 Å². The number of aliphatic hydroxyl groups excluding tert-OH is 1. The lowest BCUT2D eigenvalue weighted by molar-refractivity contribution is -0.293. The van der Waals surface area contributed by atoms with Crippen LogP contribution in [-0.4, -0.2) is 119 Å². The first-order valence-corrected chi connectivity index (χ1v) is 20.5. The monoisotopic (exact) mass is 827 g/mol. The molecule has 0 radical (unpaired) electrons. The maximum Gasteiger partial charge on any atom is 0.509 e. The van der Waals surface area contributed by atoms with Gasteiger partial charge < -0.3 is 48.2 Å². The van der Waals surface area contributed by atoms with E-state index in [1.165, 1.54) is 27.0 Å². The molecule has 1 aromatic rings. The Balaban J connectivity index is 1.46. The number of Topliss-reactive ketones (excluding diaryl/α,β-unsaturated/α-hetero) is 2. The zero-order chi connectivity index (χ0) is 43.4. The first-order valence-electron chi connectivity index (χ1n) is 20.5. The molecule has 0 bridgehead atoms. The fraction of sp³-hybridized carbons (Fsp3) is 0.674. The van der Waals surface area contributed by atoms with E-state index in [2.05, 4.69) is 10.3 Å². The van der Waals surface area contributed by atoms with Crippen LogP contribution in [-0.2, 0) is 42.8 Å². The number of carbonyl (C=O) groups is 5. The number of fused-ring (bicyclic) bond motifs is 1. The summed E-state index contributed by atoms with van der Waals surface area (Å²) < 4.78 is 41.4. The molecule has 16 nitrogen and oxygen atoms in total. The van der Waals surface area contributed by atoms with Gasteiger partial charge in [0, 0.05) is 29.4 Å². The van der Waals surface area contributed by atoms with Crippen molar-refractivity contribution in [2.75, 3.05) is 20.7 Å². The number of amides is 1. The summed E-state index contributed by atoms with van der Waals surface area (Å²) in [5, 5.41) is 14.3. The van der Waals surface area contributed by atoms with Crippen molar-refractivity contribution in [1.29, 1.82) is 0 Å². The van der Waals surface area contributed by atoms with E-state index in [-0.39, 0.29) is 43.3 Å². The molecule has 0 aromatic carbocycles. The van der Waals surface area contributed by atoms with Crippen molar-refractivity contribution in [2.24, 2.45) is 29.6 Å². The summed E-state index contributed by atoms with van der Waals surface area (Å²) in [5.74, 6) is -5.52. The Kier molecular flexibility index (Phi) is 14.6. The lowest BCUT2D eigenvalue weighted by Crippen LogP contribution is -2.60. The van der Waals surface area contributed by atoms with E-state index in [1.807, 2.05) is 50.2 Å². The Morgan fingerprint density at radius 1 is 1.08 bits per heavy atom. The van der Waals surface area contributed by atoms with Crippen molar-refractivity contribution < 1.29 is 61.9 Å². The number of esters is 1. The second kappa shape index (κ2) is 18.9. The smallest absolute Gasteiger partial charge is 0.458 e. The van der Waals surface area contributed by atoms with Crippen LogP contribution >= 0.6 is 0 Å². The molecule has 16 heteroatoms. The van der Waals surface area contributed by atoms with Crippen LogP contribution in [0.4, 0.5) is 9.59 Å². The molecule has 1 amide bonds. The van der Waals surface area contributed by atoms with Gasteiger partial charge in [-0.05, 0) is 73.4 Å². The molecule has 326 valence electrons. The molecule has 1 unspecified atom stereocenters. The molecular formula is C43H61N3O13. The molecule has 4 heterocycles. The maximum atomic E-state index is 14.4. The number of cyclic esters (lactones) is 1. The van der Waals surface area contributed by atoms with E-state index < -0.39 is 89.5 Å². The van der Waals surface area contributed by atoms with Gasteiger partial charge in [0.1, 0.15) is 48.5 Å². The average molecular weight is 828 g/mol. The van der Waals surface area contributed by atoms with E-state index in [1.54, 1.807) is 40.0 Å². The van der Waals surface area contributed by atoms with E-state index >= 15 is 0 Å². The molecule has 3 fully saturated rings. The van der Waals surface area contributed by atoms with Crippen LogP contribution in [0.2, 0.25) is 0 Å². The number of nitrogens with one attached hydrogen (secondary N) is 1. The first kappa shape index (κ1) is 45.7. The second-order valence-corrected chi connectivity index (χ2v) is 17.0. The summed E-state index contributed by atoms with van der Waals surface area (Å²) in [5.41, 5.74) is -2.38. The summed E-state index contributed by atoms with van der Waals surface area (Å²) in [4.78, 5) is 75.1. The van der Waals surface area contributed by atoms with E-state index in [9.17, 15) is 29.1 Å². The van der Waals surface area contributed by atoms with Crippen LogP contribution in [0.5, 0.6) is 0 Å². The van der Waals surface area contributed by atoms with Gasteiger partial charge in [-0.25, -0.2) is 14.6 Å². The Labute approximate surface area is 346 Å². The third-order valence-electron chi connectivity index (χ3n) is 12.3. The molecule has 5 rings (SSSR count). The van der Waals surface area contributed by atoms with Crippen LogP contribution in [0.25, 0.3) is 5.57 Å². The van der Waals surface area contributed by atoms with Gasteiger partial charge in [-0.3, -0.25) is 14.4 Å². The third kappa shape index (κ3) is 10.2. The molecule has 2 N–H and O–H groups in total. The van der Waals surface area contributed by atoms with Gasteiger partial charge in [-0.1, -0.05) is 58.1 Å². The highest BCUT2D eigenvalue weighted by Crippen LogP contribution is 2.40. The van der Waals surface area contributed by atoms with Gasteiger partial charge in [0.05, 0.1) is 18.3 Å². The number of aromatic nitrogens is 1. The molecule has 3 saturated heterocycles. The number of rotatable bonds is 9. The fourth-order valence-corrected chi connectivity index (χ4v) is 8.96. The van der Waals surface area contributed by atoms with Crippen molar-refractivity contribution in [3.63, 3.8) is 0 Å². The van der Waals surface area contributed by atoms with Gasteiger partial charge >= 0.3 is 18.2 Å². The second-order valence-electron chi connectivity index (χ2n) is 17.0. The lowest BCUT2D eigenvalue weighted by Gasteiger charge is -2.46. The lowest BCUT2D eigenvalue weighted by atomic mass is 9.73. The zero-order valence-electron chi connectivity index (χ0n) is 35.7. The normalized spacial score (nSPS) is 38.5. The predicted molar refractivity (Wildman–Crippen MR) is 212 cm³/mol. The summed E-state index contributed by atoms with van der Waals surface area (Å²) in [6, 6.07) is -1.30. The highest BCUT2D eigenvalue weighted by molar-refractivity contribution is 6.00. The predicted octanol–water partition coefficient (Wildman–Crippen LogP) is 5.19. The molecule has 1 aromatic heterocycles. The molecule has 1 aliphatic carbocycles. The van der Waals surface area contributed by atoms with Crippen LogP contribution in [0.1, 0.15) is 87.0 Å². The number of allylic oxidation sites excluding steroid dienone is 5. The largest absolute Gasteiger partial charge is 0.509 e. The molecule has 4 aliphatic rings. The van der Waals surface area contributed by atoms with Gasteiger partial charge in [0.15, 0.2) is 17.7 Å². The highest BCUT2D eigenvalue weighted by atomic mass is 16.8. The zero-order valence-corrected chi connectivity index (χ0v) is 35.7. The first-order chi connectivity index (χ1) is 27.8. The standard InChI is InChI=1S/C43H61N3O13/c1-11-31-43(8)35(45-40(51)58-43)25(4)32(47)23(2)22-42(7,59-41(52)54-19-12-13-28-14-16-29(17-15-28)37-44-18-20-53-37)36(26(5)33(48)27(6)38(50)56-31)57-39-34(49)30(46(9)10)21-24(3)55-39/h12-14,16-18,20,23-28,30-31,34-36,39,49H,11,15,19,21-22H2,1-10H3,(H,45,51)/b13-12+/t23-,24-,25+,26+,27-,28?,30+,31-,34-,35+,36-,39+,42-,43-/m1/s1. The number of aliphatic hydroxyl groups is 1. The third-order valence-corrected chi connectivity index (χ3v) is 12.3. The van der Waals surface area contributed by atoms with Crippen LogP contribution in [0, 0.1) is 29.6 Å². The number of alkyl carbamates (subject to hydrolysis) is 1.